The standard InChI is InChI=1S/C17H25N3O/c1-4-18-17(11-8-15-12-13-19-20(15)3)14-6-9-16(10-7-14)21-5-2/h6-7,9-10,12-13,17-18H,4-5,8,11H2,1-3H3. The summed E-state index contributed by atoms with van der Waals surface area (Å²) in [6.45, 7) is 5.81. The lowest BCUT2D eigenvalue weighted by Gasteiger charge is -2.19. The van der Waals surface area contributed by atoms with E-state index in [0.29, 0.717) is 12.6 Å². The van der Waals surface area contributed by atoms with Crippen LogP contribution in [0.2, 0.25) is 0 Å². The zero-order chi connectivity index (χ0) is 15.1. The van der Waals surface area contributed by atoms with Crippen molar-refractivity contribution in [3.8, 4) is 5.75 Å². The van der Waals surface area contributed by atoms with E-state index in [2.05, 4.69) is 35.5 Å². The highest BCUT2D eigenvalue weighted by Gasteiger charge is 2.11. The van der Waals surface area contributed by atoms with Gasteiger partial charge >= 0.3 is 0 Å². The van der Waals surface area contributed by atoms with Crippen molar-refractivity contribution in [1.82, 2.24) is 15.1 Å². The molecule has 2 aromatic rings. The van der Waals surface area contributed by atoms with Gasteiger partial charge in [-0.2, -0.15) is 5.10 Å². The van der Waals surface area contributed by atoms with Crippen molar-refractivity contribution in [2.45, 2.75) is 32.7 Å². The number of hydrogen-bond donors (Lipinski definition) is 1. The van der Waals surface area contributed by atoms with Gasteiger partial charge in [-0.05, 0) is 50.1 Å². The van der Waals surface area contributed by atoms with Crippen LogP contribution >= 0.6 is 0 Å². The molecule has 0 fully saturated rings. The Kier molecular flexibility index (Phi) is 5.81. The van der Waals surface area contributed by atoms with Crippen LogP contribution < -0.4 is 10.1 Å². The number of aromatic nitrogens is 2. The smallest absolute Gasteiger partial charge is 0.119 e. The first kappa shape index (κ1) is 15.6. The van der Waals surface area contributed by atoms with Gasteiger partial charge in [0.15, 0.2) is 0 Å². The van der Waals surface area contributed by atoms with Gasteiger partial charge in [0.1, 0.15) is 5.75 Å². The zero-order valence-corrected chi connectivity index (χ0v) is 13.2. The second-order valence-electron chi connectivity index (χ2n) is 5.10. The summed E-state index contributed by atoms with van der Waals surface area (Å²) in [5.41, 5.74) is 2.58. The molecule has 0 radical (unpaired) electrons. The summed E-state index contributed by atoms with van der Waals surface area (Å²) in [5, 5.41) is 7.79. The Bertz CT molecular complexity index is 533. The Balaban J connectivity index is 2.02. The molecule has 114 valence electrons. The molecule has 0 spiro atoms. The summed E-state index contributed by atoms with van der Waals surface area (Å²) >= 11 is 0. The summed E-state index contributed by atoms with van der Waals surface area (Å²) in [6.07, 6.45) is 3.93. The van der Waals surface area contributed by atoms with E-state index in [9.17, 15) is 0 Å². The molecule has 1 heterocycles. The Labute approximate surface area is 127 Å². The molecule has 0 aliphatic carbocycles. The fraction of sp³-hybridized carbons (Fsp3) is 0.471. The third kappa shape index (κ3) is 4.33. The minimum absolute atomic E-state index is 0.362. The van der Waals surface area contributed by atoms with Crippen LogP contribution in [0.25, 0.3) is 0 Å². The topological polar surface area (TPSA) is 39.1 Å². The maximum atomic E-state index is 5.50. The van der Waals surface area contributed by atoms with Gasteiger partial charge in [-0.1, -0.05) is 19.1 Å². The zero-order valence-electron chi connectivity index (χ0n) is 13.2. The molecule has 21 heavy (non-hydrogen) atoms. The fourth-order valence-corrected chi connectivity index (χ4v) is 2.53. The number of benzene rings is 1. The van der Waals surface area contributed by atoms with Crippen molar-refractivity contribution in [3.05, 3.63) is 47.8 Å². The van der Waals surface area contributed by atoms with Gasteiger partial charge in [-0.15, -0.1) is 0 Å². The molecule has 1 atom stereocenters. The number of rotatable bonds is 8. The Morgan fingerprint density at radius 3 is 2.52 bits per heavy atom. The van der Waals surface area contributed by atoms with Crippen LogP contribution in [-0.4, -0.2) is 22.9 Å². The first-order valence-electron chi connectivity index (χ1n) is 7.67. The van der Waals surface area contributed by atoms with Gasteiger partial charge in [0.25, 0.3) is 0 Å². The van der Waals surface area contributed by atoms with Crippen LogP contribution in [0, 0.1) is 0 Å². The molecule has 0 saturated heterocycles. The van der Waals surface area contributed by atoms with Crippen LogP contribution in [0.5, 0.6) is 5.75 Å². The summed E-state index contributed by atoms with van der Waals surface area (Å²) in [6, 6.07) is 10.9. The van der Waals surface area contributed by atoms with Crippen molar-refractivity contribution >= 4 is 0 Å². The SMILES string of the molecule is CCNC(CCc1ccnn1C)c1ccc(OCC)cc1. The third-order valence-electron chi connectivity index (χ3n) is 3.66. The lowest BCUT2D eigenvalue weighted by atomic mass is 10.0. The predicted molar refractivity (Wildman–Crippen MR) is 85.6 cm³/mol. The third-order valence-corrected chi connectivity index (χ3v) is 3.66. The normalized spacial score (nSPS) is 12.3. The summed E-state index contributed by atoms with van der Waals surface area (Å²) in [4.78, 5) is 0. The van der Waals surface area contributed by atoms with Crippen LogP contribution in [0.1, 0.15) is 37.6 Å². The van der Waals surface area contributed by atoms with E-state index in [-0.39, 0.29) is 0 Å². The molecule has 0 aliphatic rings. The first-order valence-corrected chi connectivity index (χ1v) is 7.67. The molecule has 0 saturated carbocycles. The van der Waals surface area contributed by atoms with Crippen molar-refractivity contribution < 1.29 is 4.74 Å². The van der Waals surface area contributed by atoms with E-state index < -0.39 is 0 Å². The minimum atomic E-state index is 0.362. The fourth-order valence-electron chi connectivity index (χ4n) is 2.53. The van der Waals surface area contributed by atoms with Crippen molar-refractivity contribution in [3.63, 3.8) is 0 Å². The number of ether oxygens (including phenoxy) is 1. The highest BCUT2D eigenvalue weighted by molar-refractivity contribution is 5.29. The van der Waals surface area contributed by atoms with E-state index in [0.717, 1.165) is 25.1 Å². The molecule has 1 N–H and O–H groups in total. The van der Waals surface area contributed by atoms with Gasteiger partial charge in [-0.3, -0.25) is 4.68 Å². The monoisotopic (exact) mass is 287 g/mol. The largest absolute Gasteiger partial charge is 0.494 e. The Morgan fingerprint density at radius 2 is 1.95 bits per heavy atom. The van der Waals surface area contributed by atoms with E-state index >= 15 is 0 Å². The van der Waals surface area contributed by atoms with Crippen molar-refractivity contribution in [2.24, 2.45) is 7.05 Å². The van der Waals surface area contributed by atoms with Gasteiger partial charge in [0.05, 0.1) is 6.61 Å². The van der Waals surface area contributed by atoms with E-state index in [1.165, 1.54) is 11.3 Å². The van der Waals surface area contributed by atoms with Gasteiger partial charge in [-0.25, -0.2) is 0 Å². The molecule has 0 amide bonds. The van der Waals surface area contributed by atoms with Crippen molar-refractivity contribution in [1.29, 1.82) is 0 Å². The molecule has 0 aliphatic heterocycles. The lowest BCUT2D eigenvalue weighted by molar-refractivity contribution is 0.340. The quantitative estimate of drug-likeness (QED) is 0.811. The Hall–Kier alpha value is -1.81. The van der Waals surface area contributed by atoms with Gasteiger partial charge in [0, 0.05) is 25.0 Å². The molecule has 1 unspecified atom stereocenters. The predicted octanol–water partition coefficient (Wildman–Crippen LogP) is 3.10. The minimum Gasteiger partial charge on any atom is -0.494 e. The molecular weight excluding hydrogens is 262 g/mol. The van der Waals surface area contributed by atoms with Crippen LogP contribution in [0.3, 0.4) is 0 Å². The number of hydrogen-bond acceptors (Lipinski definition) is 3. The molecule has 0 bridgehead atoms. The summed E-state index contributed by atoms with van der Waals surface area (Å²) in [7, 11) is 1.99. The molecule has 4 heteroatoms. The van der Waals surface area contributed by atoms with Gasteiger partial charge in [0.2, 0.25) is 0 Å². The highest BCUT2D eigenvalue weighted by Crippen LogP contribution is 2.22. The second kappa shape index (κ2) is 7.84. The summed E-state index contributed by atoms with van der Waals surface area (Å²) < 4.78 is 7.45. The van der Waals surface area contributed by atoms with Gasteiger partial charge < -0.3 is 10.1 Å². The van der Waals surface area contributed by atoms with Crippen LogP contribution in [-0.2, 0) is 13.5 Å². The average molecular weight is 287 g/mol. The molecule has 2 rings (SSSR count). The maximum Gasteiger partial charge on any atom is 0.119 e. The number of nitrogens with one attached hydrogen (secondary N) is 1. The highest BCUT2D eigenvalue weighted by atomic mass is 16.5. The summed E-state index contributed by atoms with van der Waals surface area (Å²) in [5.74, 6) is 0.933. The van der Waals surface area contributed by atoms with E-state index in [1.807, 2.05) is 37.0 Å². The van der Waals surface area contributed by atoms with Crippen LogP contribution in [0.15, 0.2) is 36.5 Å². The van der Waals surface area contributed by atoms with Crippen LogP contribution in [0.4, 0.5) is 0 Å². The van der Waals surface area contributed by atoms with E-state index in [4.69, 9.17) is 4.74 Å². The molecule has 1 aromatic carbocycles. The first-order chi connectivity index (χ1) is 10.2. The number of aryl methyl sites for hydroxylation is 2. The lowest BCUT2D eigenvalue weighted by Crippen LogP contribution is -2.21. The Morgan fingerprint density at radius 1 is 1.19 bits per heavy atom. The maximum absolute atomic E-state index is 5.50. The second-order valence-corrected chi connectivity index (χ2v) is 5.10. The number of nitrogens with zero attached hydrogens (tertiary/aromatic N) is 2. The van der Waals surface area contributed by atoms with Crippen molar-refractivity contribution in [2.75, 3.05) is 13.2 Å². The average Bonchev–Trinajstić information content (AvgIpc) is 2.90. The van der Waals surface area contributed by atoms with E-state index in [1.54, 1.807) is 0 Å². The molecule has 1 aromatic heterocycles. The molecule has 4 nitrogen and oxygen atoms in total. The molecular formula is C17H25N3O.